The Kier molecular flexibility index (Phi) is 7.33. The van der Waals surface area contributed by atoms with Crippen LogP contribution < -0.4 is 9.46 Å². The van der Waals surface area contributed by atoms with Crippen LogP contribution in [0.4, 0.5) is 0 Å². The van der Waals surface area contributed by atoms with E-state index < -0.39 is 25.1 Å². The van der Waals surface area contributed by atoms with Crippen LogP contribution in [0.2, 0.25) is 0 Å². The second kappa shape index (κ2) is 9.81. The molecule has 3 aromatic rings. The number of aryl methyl sites for hydroxylation is 2. The molecule has 170 valence electrons. The van der Waals surface area contributed by atoms with Crippen LogP contribution in [0.1, 0.15) is 28.9 Å². The summed E-state index contributed by atoms with van der Waals surface area (Å²) in [6, 6.07) is 14.4. The first-order chi connectivity index (χ1) is 15.1. The molecule has 0 spiro atoms. The zero-order valence-corrected chi connectivity index (χ0v) is 19.8. The third kappa shape index (κ3) is 5.35. The molecule has 0 radical (unpaired) electrons. The molecule has 1 aromatic heterocycles. The first-order valence-corrected chi connectivity index (χ1v) is 13.1. The monoisotopic (exact) mass is 474 g/mol. The minimum absolute atomic E-state index is 0.0701. The zero-order chi connectivity index (χ0) is 23.4. The highest BCUT2D eigenvalue weighted by Crippen LogP contribution is 2.30. The van der Waals surface area contributed by atoms with Gasteiger partial charge in [0.2, 0.25) is 10.0 Å². The van der Waals surface area contributed by atoms with Gasteiger partial charge in [-0.05, 0) is 73.9 Å². The number of hydrogen-bond acceptors (Lipinski definition) is 6. The molecule has 0 fully saturated rings. The number of sulfonamides is 1. The molecule has 0 amide bonds. The van der Waals surface area contributed by atoms with E-state index in [9.17, 15) is 16.8 Å². The van der Waals surface area contributed by atoms with Crippen molar-refractivity contribution >= 4 is 19.9 Å². The third-order valence-corrected chi connectivity index (χ3v) is 8.67. The molecule has 1 heterocycles. The van der Waals surface area contributed by atoms with Gasteiger partial charge >= 0.3 is 0 Å². The highest BCUT2D eigenvalue weighted by Gasteiger charge is 2.31. The Bertz CT molecular complexity index is 1270. The van der Waals surface area contributed by atoms with Crippen molar-refractivity contribution in [1.82, 2.24) is 9.71 Å². The molecule has 0 aliphatic rings. The summed E-state index contributed by atoms with van der Waals surface area (Å²) in [7, 11) is -7.86. The van der Waals surface area contributed by atoms with Crippen LogP contribution in [-0.2, 0) is 19.9 Å². The topological polar surface area (TPSA) is 102 Å². The normalized spacial score (nSPS) is 13.0. The van der Waals surface area contributed by atoms with Crippen molar-refractivity contribution in [3.8, 4) is 5.75 Å². The maximum Gasteiger partial charge on any atom is 0.240 e. The molecular formula is C23H26N2O5S2. The molecule has 0 saturated carbocycles. The van der Waals surface area contributed by atoms with E-state index in [1.165, 1.54) is 24.5 Å². The Balaban J connectivity index is 1.96. The van der Waals surface area contributed by atoms with Gasteiger partial charge in [0.25, 0.3) is 0 Å². The smallest absolute Gasteiger partial charge is 0.240 e. The van der Waals surface area contributed by atoms with E-state index in [0.717, 1.165) is 5.56 Å². The first kappa shape index (κ1) is 23.9. The van der Waals surface area contributed by atoms with Crippen LogP contribution in [0.15, 0.2) is 76.8 Å². The predicted molar refractivity (Wildman–Crippen MR) is 123 cm³/mol. The van der Waals surface area contributed by atoms with Crippen molar-refractivity contribution in [1.29, 1.82) is 0 Å². The lowest BCUT2D eigenvalue weighted by atomic mass is 10.2. The van der Waals surface area contributed by atoms with Gasteiger partial charge in [0, 0.05) is 18.9 Å². The summed E-state index contributed by atoms with van der Waals surface area (Å²) in [5.41, 5.74) is 1.77. The molecule has 1 N–H and O–H groups in total. The number of nitrogens with one attached hydrogen (secondary N) is 1. The van der Waals surface area contributed by atoms with E-state index in [2.05, 4.69) is 9.71 Å². The molecule has 3 rings (SSSR count). The van der Waals surface area contributed by atoms with Crippen molar-refractivity contribution in [3.63, 3.8) is 0 Å². The Morgan fingerprint density at radius 1 is 1.00 bits per heavy atom. The highest BCUT2D eigenvalue weighted by atomic mass is 32.2. The number of hydrogen-bond donors (Lipinski definition) is 1. The Labute approximate surface area is 189 Å². The number of aromatic nitrogens is 1. The molecule has 9 heteroatoms. The lowest BCUT2D eigenvalue weighted by molar-refractivity contribution is 0.340. The summed E-state index contributed by atoms with van der Waals surface area (Å²) in [5.74, 6) is 0.556. The minimum atomic E-state index is -3.93. The van der Waals surface area contributed by atoms with Crippen molar-refractivity contribution in [2.24, 2.45) is 0 Å². The fourth-order valence-corrected chi connectivity index (χ4v) is 6.41. The molecule has 1 unspecified atom stereocenters. The molecule has 32 heavy (non-hydrogen) atoms. The fraction of sp³-hybridized carbons (Fsp3) is 0.261. The molecule has 7 nitrogen and oxygen atoms in total. The summed E-state index contributed by atoms with van der Waals surface area (Å²) in [6.45, 7) is 5.46. The van der Waals surface area contributed by atoms with Crippen molar-refractivity contribution < 1.29 is 21.6 Å². The first-order valence-electron chi connectivity index (χ1n) is 10.1. The molecule has 0 saturated heterocycles. The van der Waals surface area contributed by atoms with Gasteiger partial charge in [-0.3, -0.25) is 4.98 Å². The van der Waals surface area contributed by atoms with Crippen LogP contribution in [0.25, 0.3) is 0 Å². The predicted octanol–water partition coefficient (Wildman–Crippen LogP) is 3.59. The van der Waals surface area contributed by atoms with E-state index in [0.29, 0.717) is 23.5 Å². The van der Waals surface area contributed by atoms with Gasteiger partial charge < -0.3 is 4.74 Å². The molecule has 0 aliphatic heterocycles. The number of rotatable bonds is 9. The van der Waals surface area contributed by atoms with Gasteiger partial charge in [-0.15, -0.1) is 0 Å². The van der Waals surface area contributed by atoms with Gasteiger partial charge in [0.1, 0.15) is 11.0 Å². The average Bonchev–Trinajstić information content (AvgIpc) is 2.76. The summed E-state index contributed by atoms with van der Waals surface area (Å²) in [6.07, 6.45) is 2.97. The van der Waals surface area contributed by atoms with Crippen LogP contribution in [0.3, 0.4) is 0 Å². The number of benzene rings is 2. The summed E-state index contributed by atoms with van der Waals surface area (Å²) in [4.78, 5) is 4.21. The summed E-state index contributed by atoms with van der Waals surface area (Å²) < 4.78 is 60.8. The largest absolute Gasteiger partial charge is 0.494 e. The van der Waals surface area contributed by atoms with Gasteiger partial charge in [0.05, 0.1) is 16.4 Å². The van der Waals surface area contributed by atoms with Crippen LogP contribution in [0, 0.1) is 13.8 Å². The maximum absolute atomic E-state index is 13.5. The van der Waals surface area contributed by atoms with Crippen LogP contribution >= 0.6 is 0 Å². The van der Waals surface area contributed by atoms with Crippen LogP contribution in [-0.4, -0.2) is 35.0 Å². The number of ether oxygens (including phenoxy) is 1. The second-order valence-electron chi connectivity index (χ2n) is 7.35. The zero-order valence-electron chi connectivity index (χ0n) is 18.1. The van der Waals surface area contributed by atoms with E-state index in [4.69, 9.17) is 4.74 Å². The van der Waals surface area contributed by atoms with Crippen molar-refractivity contribution in [2.45, 2.75) is 35.8 Å². The number of sulfone groups is 1. The van der Waals surface area contributed by atoms with Gasteiger partial charge in [-0.25, -0.2) is 21.6 Å². The summed E-state index contributed by atoms with van der Waals surface area (Å²) in [5, 5.41) is -1.16. The Morgan fingerprint density at radius 3 is 2.34 bits per heavy atom. The van der Waals surface area contributed by atoms with E-state index >= 15 is 0 Å². The van der Waals surface area contributed by atoms with Gasteiger partial charge in [0.15, 0.2) is 9.84 Å². The maximum atomic E-state index is 13.5. The van der Waals surface area contributed by atoms with Gasteiger partial charge in [-0.2, -0.15) is 0 Å². The van der Waals surface area contributed by atoms with Crippen molar-refractivity contribution in [3.05, 3.63) is 83.7 Å². The van der Waals surface area contributed by atoms with E-state index in [1.807, 2.05) is 13.0 Å². The van der Waals surface area contributed by atoms with E-state index in [-0.39, 0.29) is 16.3 Å². The number of pyridine rings is 1. The minimum Gasteiger partial charge on any atom is -0.494 e. The lowest BCUT2D eigenvalue weighted by Crippen LogP contribution is -2.32. The SMILES string of the molecule is CCOc1ccc(S(=O)(=O)C(CNS(=O)(=O)c2cc(C)ccc2C)c2cccnc2)cc1. The molecule has 2 aromatic carbocycles. The highest BCUT2D eigenvalue weighted by molar-refractivity contribution is 7.92. The quantitative estimate of drug-likeness (QED) is 0.508. The Morgan fingerprint density at radius 2 is 1.72 bits per heavy atom. The fourth-order valence-electron chi connectivity index (χ4n) is 3.29. The number of nitrogens with zero attached hydrogens (tertiary/aromatic N) is 1. The standard InChI is InChI=1S/C23H26N2O5S2/c1-4-30-20-9-11-21(12-10-20)31(26,27)23(19-6-5-13-24-15-19)16-25-32(28,29)22-14-17(2)7-8-18(22)3/h5-15,23,25H,4,16H2,1-3H3. The lowest BCUT2D eigenvalue weighted by Gasteiger charge is -2.19. The molecule has 1 atom stereocenters. The van der Waals surface area contributed by atoms with Crippen LogP contribution in [0.5, 0.6) is 5.75 Å². The third-order valence-electron chi connectivity index (χ3n) is 4.99. The van der Waals surface area contributed by atoms with Gasteiger partial charge in [-0.1, -0.05) is 18.2 Å². The molecule has 0 aliphatic carbocycles. The molecule has 0 bridgehead atoms. The van der Waals surface area contributed by atoms with Crippen molar-refractivity contribution in [2.75, 3.05) is 13.2 Å². The van der Waals surface area contributed by atoms with E-state index in [1.54, 1.807) is 50.2 Å². The average molecular weight is 475 g/mol. The Hall–Kier alpha value is -2.75. The summed E-state index contributed by atoms with van der Waals surface area (Å²) >= 11 is 0. The second-order valence-corrected chi connectivity index (χ2v) is 11.2. The molecular weight excluding hydrogens is 448 g/mol.